The third kappa shape index (κ3) is 2.93. The minimum absolute atomic E-state index is 0.0773. The van der Waals surface area contributed by atoms with E-state index >= 15 is 0 Å². The number of nitrogens with one attached hydrogen (secondary N) is 1. The molecule has 1 unspecified atom stereocenters. The van der Waals surface area contributed by atoms with Gasteiger partial charge in [0.1, 0.15) is 5.15 Å². The molecule has 1 N–H and O–H groups in total. The molecule has 0 saturated heterocycles. The van der Waals surface area contributed by atoms with Crippen molar-refractivity contribution in [2.45, 2.75) is 26.3 Å². The Morgan fingerprint density at radius 2 is 2.05 bits per heavy atom. The minimum atomic E-state index is 0.0773. The molecule has 19 heavy (non-hydrogen) atoms. The van der Waals surface area contributed by atoms with Crippen LogP contribution in [-0.4, -0.2) is 26.8 Å². The van der Waals surface area contributed by atoms with Gasteiger partial charge in [0.2, 0.25) is 0 Å². The van der Waals surface area contributed by atoms with E-state index in [1.165, 1.54) is 0 Å². The van der Waals surface area contributed by atoms with Gasteiger partial charge in [-0.2, -0.15) is 5.10 Å². The van der Waals surface area contributed by atoms with E-state index in [1.807, 2.05) is 27.9 Å². The van der Waals surface area contributed by atoms with Crippen LogP contribution in [0.15, 0.2) is 12.4 Å². The molecule has 2 aromatic rings. The molecule has 0 bridgehead atoms. The van der Waals surface area contributed by atoms with Gasteiger partial charge in [-0.15, -0.1) is 0 Å². The van der Waals surface area contributed by atoms with E-state index in [2.05, 4.69) is 20.4 Å². The molecule has 0 fully saturated rings. The maximum atomic E-state index is 6.26. The summed E-state index contributed by atoms with van der Waals surface area (Å²) in [6.45, 7) is 3.89. The Morgan fingerprint density at radius 1 is 1.32 bits per heavy atom. The molecule has 0 aliphatic heterocycles. The highest BCUT2D eigenvalue weighted by Crippen LogP contribution is 2.24. The van der Waals surface area contributed by atoms with Crippen LogP contribution in [0.1, 0.15) is 28.7 Å². The Hall–Kier alpha value is -1.46. The summed E-state index contributed by atoms with van der Waals surface area (Å²) in [4.78, 5) is 8.70. The van der Waals surface area contributed by atoms with E-state index in [4.69, 9.17) is 11.6 Å². The van der Waals surface area contributed by atoms with Crippen LogP contribution >= 0.6 is 11.6 Å². The van der Waals surface area contributed by atoms with Crippen LogP contribution in [0.2, 0.25) is 5.15 Å². The second-order valence-electron chi connectivity index (χ2n) is 4.61. The molecule has 5 nitrogen and oxygen atoms in total. The maximum Gasteiger partial charge on any atom is 0.130 e. The fraction of sp³-hybridized carbons (Fsp3) is 0.462. The highest BCUT2D eigenvalue weighted by molar-refractivity contribution is 6.30. The third-order valence-corrected chi connectivity index (χ3v) is 3.66. The lowest BCUT2D eigenvalue weighted by Crippen LogP contribution is -2.20. The minimum Gasteiger partial charge on any atom is -0.311 e. The monoisotopic (exact) mass is 279 g/mol. The Bertz CT molecular complexity index is 561. The van der Waals surface area contributed by atoms with Gasteiger partial charge in [0.15, 0.2) is 0 Å². The number of rotatable bonds is 4. The van der Waals surface area contributed by atoms with Crippen LogP contribution in [0, 0.1) is 13.8 Å². The van der Waals surface area contributed by atoms with Crippen molar-refractivity contribution in [3.05, 3.63) is 40.2 Å². The first-order valence-corrected chi connectivity index (χ1v) is 6.54. The number of likely N-dealkylation sites (N-methyl/N-ethyl adjacent to an activating group) is 1. The molecule has 0 aromatic carbocycles. The summed E-state index contributed by atoms with van der Waals surface area (Å²) in [6, 6.07) is 0.0773. The Labute approximate surface area is 118 Å². The zero-order chi connectivity index (χ0) is 14.0. The maximum absolute atomic E-state index is 6.26. The van der Waals surface area contributed by atoms with Crippen molar-refractivity contribution >= 4 is 11.6 Å². The molecular formula is C13H18ClN5. The van der Waals surface area contributed by atoms with Gasteiger partial charge in [-0.1, -0.05) is 11.6 Å². The predicted octanol–water partition coefficient (Wildman–Crippen LogP) is 1.98. The van der Waals surface area contributed by atoms with Crippen LogP contribution < -0.4 is 5.32 Å². The van der Waals surface area contributed by atoms with Crippen molar-refractivity contribution in [2.24, 2.45) is 7.05 Å². The summed E-state index contributed by atoms with van der Waals surface area (Å²) in [7, 11) is 3.75. The summed E-state index contributed by atoms with van der Waals surface area (Å²) >= 11 is 6.26. The van der Waals surface area contributed by atoms with Crippen LogP contribution in [-0.2, 0) is 13.5 Å². The summed E-state index contributed by atoms with van der Waals surface area (Å²) < 4.78 is 1.69. The van der Waals surface area contributed by atoms with Crippen molar-refractivity contribution < 1.29 is 0 Å². The van der Waals surface area contributed by atoms with Gasteiger partial charge in [0, 0.05) is 18.8 Å². The molecule has 2 heterocycles. The molecule has 0 aliphatic carbocycles. The standard InChI is InChI=1S/C13H18ClN5/c1-8-6-17-12(7-16-8)11(15-3)5-10-9(2)18-19(4)13(10)14/h6-7,11,15H,5H2,1-4H3. The van der Waals surface area contributed by atoms with Crippen molar-refractivity contribution in [1.29, 1.82) is 0 Å². The molecule has 6 heteroatoms. The van der Waals surface area contributed by atoms with E-state index in [1.54, 1.807) is 17.1 Å². The van der Waals surface area contributed by atoms with E-state index in [-0.39, 0.29) is 6.04 Å². The van der Waals surface area contributed by atoms with Gasteiger partial charge in [0.25, 0.3) is 0 Å². The van der Waals surface area contributed by atoms with Crippen LogP contribution in [0.5, 0.6) is 0 Å². The number of nitrogens with zero attached hydrogens (tertiary/aromatic N) is 4. The topological polar surface area (TPSA) is 55.6 Å². The van der Waals surface area contributed by atoms with Gasteiger partial charge >= 0.3 is 0 Å². The fourth-order valence-corrected chi connectivity index (χ4v) is 2.30. The first-order chi connectivity index (χ1) is 9.02. The largest absolute Gasteiger partial charge is 0.311 e. The Kier molecular flexibility index (Phi) is 4.17. The lowest BCUT2D eigenvalue weighted by atomic mass is 10.0. The number of aryl methyl sites for hydroxylation is 3. The van der Waals surface area contributed by atoms with E-state index < -0.39 is 0 Å². The van der Waals surface area contributed by atoms with Crippen molar-refractivity contribution in [3.8, 4) is 0 Å². The third-order valence-electron chi connectivity index (χ3n) is 3.18. The van der Waals surface area contributed by atoms with Crippen LogP contribution in [0.3, 0.4) is 0 Å². The molecule has 0 amide bonds. The zero-order valence-electron chi connectivity index (χ0n) is 11.6. The van der Waals surface area contributed by atoms with E-state index in [0.29, 0.717) is 5.15 Å². The Morgan fingerprint density at radius 3 is 2.53 bits per heavy atom. The molecular weight excluding hydrogens is 262 g/mol. The van der Waals surface area contributed by atoms with Crippen molar-refractivity contribution in [1.82, 2.24) is 25.1 Å². The van der Waals surface area contributed by atoms with Gasteiger partial charge in [0.05, 0.1) is 29.3 Å². The average molecular weight is 280 g/mol. The number of halogens is 1. The van der Waals surface area contributed by atoms with Crippen molar-refractivity contribution in [3.63, 3.8) is 0 Å². The number of aromatic nitrogens is 4. The normalized spacial score (nSPS) is 12.7. The first kappa shape index (κ1) is 14.0. The fourth-order valence-electron chi connectivity index (χ4n) is 2.05. The first-order valence-electron chi connectivity index (χ1n) is 6.16. The molecule has 0 aliphatic rings. The molecule has 0 saturated carbocycles. The van der Waals surface area contributed by atoms with Crippen LogP contribution in [0.25, 0.3) is 0 Å². The average Bonchev–Trinajstić information content (AvgIpc) is 2.63. The quantitative estimate of drug-likeness (QED) is 0.930. The van der Waals surface area contributed by atoms with E-state index in [9.17, 15) is 0 Å². The lowest BCUT2D eigenvalue weighted by molar-refractivity contribution is 0.571. The predicted molar refractivity (Wildman–Crippen MR) is 75.2 cm³/mol. The molecule has 1 atom stereocenters. The highest BCUT2D eigenvalue weighted by atomic mass is 35.5. The molecule has 2 rings (SSSR count). The zero-order valence-corrected chi connectivity index (χ0v) is 12.4. The SMILES string of the molecule is CNC(Cc1c(C)nn(C)c1Cl)c1cnc(C)cn1. The second kappa shape index (κ2) is 5.67. The van der Waals surface area contributed by atoms with Crippen LogP contribution in [0.4, 0.5) is 0 Å². The summed E-state index contributed by atoms with van der Waals surface area (Å²) in [6.07, 6.45) is 4.32. The lowest BCUT2D eigenvalue weighted by Gasteiger charge is -2.15. The summed E-state index contributed by atoms with van der Waals surface area (Å²) in [5, 5.41) is 8.26. The molecule has 102 valence electrons. The smallest absolute Gasteiger partial charge is 0.130 e. The summed E-state index contributed by atoms with van der Waals surface area (Å²) in [5.41, 5.74) is 3.82. The van der Waals surface area contributed by atoms with Gasteiger partial charge in [-0.25, -0.2) is 0 Å². The molecule has 0 spiro atoms. The summed E-state index contributed by atoms with van der Waals surface area (Å²) in [5.74, 6) is 0. The molecule has 2 aromatic heterocycles. The van der Waals surface area contributed by atoms with Gasteiger partial charge in [-0.05, 0) is 27.3 Å². The van der Waals surface area contributed by atoms with E-state index in [0.717, 1.165) is 29.1 Å². The second-order valence-corrected chi connectivity index (χ2v) is 4.96. The van der Waals surface area contributed by atoms with Gasteiger partial charge < -0.3 is 5.32 Å². The van der Waals surface area contributed by atoms with Crippen molar-refractivity contribution in [2.75, 3.05) is 7.05 Å². The highest BCUT2D eigenvalue weighted by Gasteiger charge is 2.18. The Balaban J connectivity index is 2.26. The molecule has 0 radical (unpaired) electrons. The number of hydrogen-bond donors (Lipinski definition) is 1. The number of hydrogen-bond acceptors (Lipinski definition) is 4. The van der Waals surface area contributed by atoms with Gasteiger partial charge in [-0.3, -0.25) is 14.6 Å².